The molecule has 0 radical (unpaired) electrons. The van der Waals surface area contributed by atoms with Gasteiger partial charge in [0.05, 0.1) is 29.6 Å². The van der Waals surface area contributed by atoms with Crippen molar-refractivity contribution in [1.29, 1.82) is 0 Å². The number of benzene rings is 3. The number of esters is 1. The van der Waals surface area contributed by atoms with Crippen LogP contribution in [-0.4, -0.2) is 30.7 Å². The van der Waals surface area contributed by atoms with Crippen LogP contribution in [-0.2, 0) is 20.8 Å². The number of amides is 2. The van der Waals surface area contributed by atoms with Gasteiger partial charge in [-0.15, -0.1) is 0 Å². The Balaban J connectivity index is 1.62. The number of nitrogens with one attached hydrogen (secondary N) is 3. The Bertz CT molecular complexity index is 1360. The normalized spacial score (nSPS) is 13.8. The molecule has 0 bridgehead atoms. The first-order chi connectivity index (χ1) is 17.6. The summed E-state index contributed by atoms with van der Waals surface area (Å²) in [4.78, 5) is 37.0. The number of alkyl carbamates (subject to hydrolysis) is 1. The quantitative estimate of drug-likeness (QED) is 0.309. The summed E-state index contributed by atoms with van der Waals surface area (Å²) in [5.74, 6) is -0.751. The highest BCUT2D eigenvalue weighted by Crippen LogP contribution is 2.38. The molecule has 1 aliphatic rings. The zero-order valence-corrected chi connectivity index (χ0v) is 21.2. The number of ether oxygens (including phenoxy) is 2. The summed E-state index contributed by atoms with van der Waals surface area (Å²) in [7, 11) is 1.32. The van der Waals surface area contributed by atoms with Gasteiger partial charge >= 0.3 is 12.1 Å². The van der Waals surface area contributed by atoms with Crippen molar-refractivity contribution >= 4 is 40.6 Å². The summed E-state index contributed by atoms with van der Waals surface area (Å²) in [5, 5.41) is 9.00. The van der Waals surface area contributed by atoms with E-state index in [9.17, 15) is 14.4 Å². The van der Waals surface area contributed by atoms with Crippen LogP contribution in [0.2, 0.25) is 0 Å². The lowest BCUT2D eigenvalue weighted by Crippen LogP contribution is -2.32. The smallest absolute Gasteiger partial charge is 0.407 e. The second-order valence-corrected chi connectivity index (χ2v) is 9.50. The number of carbonyl (C=O) groups excluding carboxylic acids is 3. The van der Waals surface area contributed by atoms with Gasteiger partial charge in [0.1, 0.15) is 5.60 Å². The molecule has 0 aliphatic carbocycles. The maximum absolute atomic E-state index is 13.1. The lowest BCUT2D eigenvalue weighted by atomic mass is 9.99. The van der Waals surface area contributed by atoms with E-state index in [0.717, 1.165) is 16.8 Å². The number of rotatable bonds is 6. The van der Waals surface area contributed by atoms with Crippen LogP contribution >= 0.6 is 0 Å². The number of fused-ring (bicyclic) bond motifs is 1. The molecule has 4 rings (SSSR count). The van der Waals surface area contributed by atoms with Gasteiger partial charge in [-0.3, -0.25) is 4.79 Å². The van der Waals surface area contributed by atoms with Crippen LogP contribution < -0.4 is 16.0 Å². The summed E-state index contributed by atoms with van der Waals surface area (Å²) in [6, 6.07) is 22.1. The highest BCUT2D eigenvalue weighted by Gasteiger charge is 2.29. The van der Waals surface area contributed by atoms with Crippen LogP contribution in [0.3, 0.4) is 0 Å². The molecule has 0 saturated carbocycles. The minimum absolute atomic E-state index is 0.276. The van der Waals surface area contributed by atoms with Crippen molar-refractivity contribution in [2.24, 2.45) is 0 Å². The van der Waals surface area contributed by atoms with Gasteiger partial charge in [0.25, 0.3) is 5.91 Å². The molecular formula is C29H29N3O5. The molecule has 190 valence electrons. The molecule has 3 N–H and O–H groups in total. The standard InChI is InChI=1S/C29H29N3O5/c1-29(2,3)37-28(35)30-17-18-10-13-21(14-11-18)31-25(19-8-6-5-7-9-19)24-22-15-12-20(27(34)36-4)16-23(22)32-26(24)33/h5-16,31H,17H2,1-4H3,(H,30,35)(H,32,33)/b25-24-. The predicted molar refractivity (Wildman–Crippen MR) is 143 cm³/mol. The topological polar surface area (TPSA) is 106 Å². The van der Waals surface area contributed by atoms with Crippen molar-refractivity contribution in [3.63, 3.8) is 0 Å². The number of anilines is 2. The third-order valence-electron chi connectivity index (χ3n) is 5.56. The van der Waals surface area contributed by atoms with Crippen molar-refractivity contribution in [3.8, 4) is 0 Å². The predicted octanol–water partition coefficient (Wildman–Crippen LogP) is 5.43. The SMILES string of the molecule is COC(=O)c1ccc2c(c1)NC(=O)/C2=C(\Nc1ccc(CNC(=O)OC(C)(C)C)cc1)c1ccccc1. The van der Waals surface area contributed by atoms with E-state index in [0.29, 0.717) is 34.6 Å². The van der Waals surface area contributed by atoms with Gasteiger partial charge in [0.15, 0.2) is 0 Å². The molecule has 0 saturated heterocycles. The zero-order chi connectivity index (χ0) is 26.6. The summed E-state index contributed by atoms with van der Waals surface area (Å²) in [6.07, 6.45) is -0.480. The van der Waals surface area contributed by atoms with Crippen LogP contribution in [0.4, 0.5) is 16.2 Å². The van der Waals surface area contributed by atoms with Crippen LogP contribution in [0.5, 0.6) is 0 Å². The minimum atomic E-state index is -0.564. The number of methoxy groups -OCH3 is 1. The van der Waals surface area contributed by atoms with Crippen molar-refractivity contribution < 1.29 is 23.9 Å². The first kappa shape index (κ1) is 25.5. The Kier molecular flexibility index (Phi) is 7.29. The third kappa shape index (κ3) is 6.16. The van der Waals surface area contributed by atoms with E-state index < -0.39 is 17.7 Å². The minimum Gasteiger partial charge on any atom is -0.465 e. The Morgan fingerprint density at radius 1 is 0.919 bits per heavy atom. The molecule has 2 amide bonds. The summed E-state index contributed by atoms with van der Waals surface area (Å²) in [6.45, 7) is 5.76. The maximum atomic E-state index is 13.1. The molecule has 3 aromatic rings. The highest BCUT2D eigenvalue weighted by molar-refractivity contribution is 6.37. The fourth-order valence-electron chi connectivity index (χ4n) is 3.89. The molecule has 0 spiro atoms. The van der Waals surface area contributed by atoms with Crippen LogP contribution in [0.1, 0.15) is 47.8 Å². The fraction of sp³-hybridized carbons (Fsp3) is 0.207. The Hall–Kier alpha value is -4.59. The molecule has 8 nitrogen and oxygen atoms in total. The average molecular weight is 500 g/mol. The Morgan fingerprint density at radius 3 is 2.27 bits per heavy atom. The van der Waals surface area contributed by atoms with E-state index in [4.69, 9.17) is 9.47 Å². The molecule has 1 aliphatic heterocycles. The molecule has 0 fully saturated rings. The van der Waals surface area contributed by atoms with Crippen LogP contribution in [0.25, 0.3) is 11.3 Å². The molecule has 0 atom stereocenters. The third-order valence-corrected chi connectivity index (χ3v) is 5.56. The number of hydrogen-bond acceptors (Lipinski definition) is 6. The van der Waals surface area contributed by atoms with Crippen molar-refractivity contribution in [2.75, 3.05) is 17.7 Å². The van der Waals surface area contributed by atoms with Crippen molar-refractivity contribution in [3.05, 3.63) is 95.1 Å². The van der Waals surface area contributed by atoms with E-state index >= 15 is 0 Å². The molecular weight excluding hydrogens is 470 g/mol. The summed E-state index contributed by atoms with van der Waals surface area (Å²) in [5.41, 5.74) is 4.59. The van der Waals surface area contributed by atoms with E-state index in [1.807, 2.05) is 75.4 Å². The lowest BCUT2D eigenvalue weighted by Gasteiger charge is -2.19. The second kappa shape index (κ2) is 10.6. The lowest BCUT2D eigenvalue weighted by molar-refractivity contribution is -0.110. The highest BCUT2D eigenvalue weighted by atomic mass is 16.6. The molecule has 0 aromatic heterocycles. The van der Waals surface area contributed by atoms with Gasteiger partial charge in [0.2, 0.25) is 0 Å². The Labute approximate surface area is 215 Å². The second-order valence-electron chi connectivity index (χ2n) is 9.50. The molecule has 37 heavy (non-hydrogen) atoms. The monoisotopic (exact) mass is 499 g/mol. The largest absolute Gasteiger partial charge is 0.465 e. The average Bonchev–Trinajstić information content (AvgIpc) is 3.20. The molecule has 3 aromatic carbocycles. The van der Waals surface area contributed by atoms with Gasteiger partial charge in [-0.2, -0.15) is 0 Å². The van der Waals surface area contributed by atoms with E-state index in [2.05, 4.69) is 16.0 Å². The first-order valence-corrected chi connectivity index (χ1v) is 11.8. The van der Waals surface area contributed by atoms with Gasteiger partial charge in [0, 0.05) is 17.8 Å². The summed E-state index contributed by atoms with van der Waals surface area (Å²) < 4.78 is 10.1. The number of hydrogen-bond donors (Lipinski definition) is 3. The van der Waals surface area contributed by atoms with Gasteiger partial charge in [-0.05, 0) is 56.2 Å². The van der Waals surface area contributed by atoms with E-state index in [-0.39, 0.29) is 5.91 Å². The van der Waals surface area contributed by atoms with E-state index in [1.54, 1.807) is 18.2 Å². The molecule has 0 unspecified atom stereocenters. The van der Waals surface area contributed by atoms with Crippen LogP contribution in [0.15, 0.2) is 72.8 Å². The molecule has 1 heterocycles. The van der Waals surface area contributed by atoms with Crippen molar-refractivity contribution in [1.82, 2.24) is 5.32 Å². The van der Waals surface area contributed by atoms with E-state index in [1.165, 1.54) is 7.11 Å². The first-order valence-electron chi connectivity index (χ1n) is 11.8. The van der Waals surface area contributed by atoms with Gasteiger partial charge < -0.3 is 25.4 Å². The molecule has 8 heteroatoms. The fourth-order valence-corrected chi connectivity index (χ4v) is 3.89. The number of carbonyl (C=O) groups is 3. The van der Waals surface area contributed by atoms with Crippen molar-refractivity contribution in [2.45, 2.75) is 32.9 Å². The van der Waals surface area contributed by atoms with Crippen LogP contribution in [0, 0.1) is 0 Å². The maximum Gasteiger partial charge on any atom is 0.407 e. The zero-order valence-electron chi connectivity index (χ0n) is 21.2. The Morgan fingerprint density at radius 2 is 1.62 bits per heavy atom. The summed E-state index contributed by atoms with van der Waals surface area (Å²) >= 11 is 0. The van der Waals surface area contributed by atoms with Gasteiger partial charge in [-0.25, -0.2) is 9.59 Å². The van der Waals surface area contributed by atoms with Gasteiger partial charge in [-0.1, -0.05) is 48.5 Å².